The second-order valence-corrected chi connectivity index (χ2v) is 27.1. The minimum atomic E-state index is -0.393. The van der Waals surface area contributed by atoms with Crippen LogP contribution in [0, 0.1) is 71.0 Å². The molecule has 8 atom stereocenters. The molecule has 0 bridgehead atoms. The number of carbonyl (C=O) groups is 4. The van der Waals surface area contributed by atoms with E-state index >= 15 is 0 Å². The molecule has 1 saturated carbocycles. The number of hydrogen-bond donors (Lipinski definition) is 3. The van der Waals surface area contributed by atoms with E-state index in [1.165, 1.54) is 25.4 Å². The van der Waals surface area contributed by atoms with Gasteiger partial charge in [0.15, 0.2) is 0 Å². The molecule has 4 saturated heterocycles. The van der Waals surface area contributed by atoms with Gasteiger partial charge in [0, 0.05) is 86.1 Å². The first-order chi connectivity index (χ1) is 46.3. The third-order valence-electron chi connectivity index (χ3n) is 16.8. The van der Waals surface area contributed by atoms with Crippen LogP contribution in [0.5, 0.6) is 0 Å². The Balaban J connectivity index is 0.000000130. The van der Waals surface area contributed by atoms with E-state index in [1.807, 2.05) is 101 Å². The minimum absolute atomic E-state index is 0.00698. The maximum Gasteiger partial charge on any atom is 0.320 e. The van der Waals surface area contributed by atoms with E-state index in [0.29, 0.717) is 80.7 Å². The van der Waals surface area contributed by atoms with Crippen molar-refractivity contribution in [3.05, 3.63) is 164 Å². The van der Waals surface area contributed by atoms with Crippen LogP contribution >= 0.6 is 46.4 Å². The molecule has 9 heterocycles. The zero-order chi connectivity index (χ0) is 67.5. The van der Waals surface area contributed by atoms with Crippen LogP contribution in [0.1, 0.15) is 119 Å². The molecule has 20 nitrogen and oxygen atoms in total. The first-order valence-corrected chi connectivity index (χ1v) is 33.4. The molecule has 0 spiro atoms. The molecular weight excluding hydrogens is 1300 g/mol. The van der Waals surface area contributed by atoms with Gasteiger partial charge in [-0.05, 0) is 176 Å². The molecule has 1 aromatic heterocycles. The number of rotatable bonds is 3. The van der Waals surface area contributed by atoms with Gasteiger partial charge in [-0.2, -0.15) is 0 Å². The summed E-state index contributed by atoms with van der Waals surface area (Å²) in [6, 6.07) is 31.2. The van der Waals surface area contributed by atoms with Crippen molar-refractivity contribution in [3.63, 3.8) is 0 Å². The Morgan fingerprint density at radius 3 is 1.18 bits per heavy atom. The molecule has 24 heteroatoms. The average molecular weight is 1380 g/mol. The second-order valence-electron chi connectivity index (χ2n) is 25.3. The second kappa shape index (κ2) is 31.1. The third-order valence-corrected chi connectivity index (χ3v) is 17.7. The van der Waals surface area contributed by atoms with Crippen LogP contribution < -0.4 is 16.0 Å². The number of urea groups is 3. The molecule has 8 aliphatic heterocycles. The van der Waals surface area contributed by atoms with E-state index in [0.717, 1.165) is 60.8 Å². The number of hydrogen-bond acceptors (Lipinski definition) is 13. The van der Waals surface area contributed by atoms with Crippen LogP contribution in [0.2, 0.25) is 20.1 Å². The highest BCUT2D eigenvalue weighted by molar-refractivity contribution is 6.31. The summed E-state index contributed by atoms with van der Waals surface area (Å²) in [4.78, 5) is 78.2. The summed E-state index contributed by atoms with van der Waals surface area (Å²) in [5.41, 5.74) is 6.29. The minimum Gasteiger partial charge on any atom is -0.472 e. The van der Waals surface area contributed by atoms with Crippen molar-refractivity contribution in [1.29, 1.82) is 0 Å². The first-order valence-electron chi connectivity index (χ1n) is 31.9. The van der Waals surface area contributed by atoms with Crippen LogP contribution in [0.4, 0.5) is 14.4 Å². The number of carbonyl (C=O) groups excluding carboxylic acids is 4. The Morgan fingerprint density at radius 2 is 0.833 bits per heavy atom. The highest BCUT2D eigenvalue weighted by atomic mass is 35.5. The predicted molar refractivity (Wildman–Crippen MR) is 368 cm³/mol. The van der Waals surface area contributed by atoms with Gasteiger partial charge in [0.2, 0.25) is 24.9 Å². The monoisotopic (exact) mass is 1370 g/mol. The van der Waals surface area contributed by atoms with Crippen LogP contribution in [-0.4, -0.2) is 135 Å². The van der Waals surface area contributed by atoms with E-state index in [-0.39, 0.29) is 77.9 Å². The van der Waals surface area contributed by atoms with E-state index in [1.54, 1.807) is 56.0 Å². The number of nitrogens with zero attached hydrogens (tertiary/aromatic N) is 8. The topological polar surface area (TPSA) is 217 Å². The van der Waals surface area contributed by atoms with Crippen molar-refractivity contribution >= 4 is 93.3 Å². The number of likely N-dealkylation sites (tertiary alicyclic amines) is 4. The lowest BCUT2D eigenvalue weighted by Crippen LogP contribution is -2.50. The predicted octanol–water partition coefficient (Wildman–Crippen LogP) is 12.6. The summed E-state index contributed by atoms with van der Waals surface area (Å²) in [6.07, 6.45) is 9.21. The number of amides is 7. The van der Waals surface area contributed by atoms with Gasteiger partial charge in [0.25, 0.3) is 5.91 Å². The smallest absolute Gasteiger partial charge is 0.320 e. The van der Waals surface area contributed by atoms with E-state index in [4.69, 9.17) is 70.2 Å². The lowest BCUT2D eigenvalue weighted by molar-refractivity contribution is -0.0173. The van der Waals surface area contributed by atoms with Gasteiger partial charge in [-0.1, -0.05) is 128 Å². The van der Waals surface area contributed by atoms with Gasteiger partial charge in [-0.15, -0.1) is 0 Å². The van der Waals surface area contributed by atoms with Gasteiger partial charge < -0.3 is 44.6 Å². The number of furan rings is 1. The van der Waals surface area contributed by atoms with Crippen molar-refractivity contribution in [2.45, 2.75) is 129 Å². The third kappa shape index (κ3) is 17.2. The van der Waals surface area contributed by atoms with Gasteiger partial charge >= 0.3 is 18.1 Å². The van der Waals surface area contributed by atoms with Gasteiger partial charge in [0.05, 0.1) is 35.5 Å². The fourth-order valence-electron chi connectivity index (χ4n) is 12.1. The summed E-state index contributed by atoms with van der Waals surface area (Å²) in [5, 5.41) is 27.9. The molecule has 3 N–H and O–H groups in total. The average Bonchev–Trinajstić information content (AvgIpc) is 1.67. The quantitative estimate of drug-likeness (QED) is 0.146. The fraction of sp³-hybridized carbons (Fsp3) is 0.389. The molecule has 8 unspecified atom stereocenters. The summed E-state index contributed by atoms with van der Waals surface area (Å²) < 4.78 is 4.97. The number of benzene rings is 4. The van der Waals surface area contributed by atoms with E-state index in [9.17, 15) is 19.2 Å². The number of fused-ring (bicyclic) bond motifs is 4. The molecule has 0 radical (unpaired) electrons. The molecular formula is C72H71Cl4N11O9. The Hall–Kier alpha value is -9.28. The molecule has 14 rings (SSSR count). The van der Waals surface area contributed by atoms with Gasteiger partial charge in [-0.25, -0.2) is 14.4 Å². The van der Waals surface area contributed by atoms with Crippen molar-refractivity contribution < 1.29 is 42.9 Å². The number of halogens is 4. The van der Waals surface area contributed by atoms with Crippen molar-refractivity contribution in [2.75, 3.05) is 26.2 Å². The molecule has 5 aromatic rings. The highest BCUT2D eigenvalue weighted by Gasteiger charge is 2.49. The molecule has 96 heavy (non-hydrogen) atoms. The Kier molecular flexibility index (Phi) is 22.0. The Morgan fingerprint density at radius 1 is 0.479 bits per heavy atom. The lowest BCUT2D eigenvalue weighted by atomic mass is 10.0. The van der Waals surface area contributed by atoms with Gasteiger partial charge in [-0.3, -0.25) is 19.5 Å². The maximum absolute atomic E-state index is 12.5. The van der Waals surface area contributed by atoms with E-state index < -0.39 is 6.23 Å². The Bertz CT molecular complexity index is 4120. The number of oxime groups is 4. The molecule has 496 valence electrons. The molecule has 9 aliphatic rings. The van der Waals surface area contributed by atoms with Crippen molar-refractivity contribution in [2.24, 2.45) is 44.3 Å². The standard InChI is InChI=1S/C19H20ClN3O2.C18H20ClN3O2.C18H13ClN2O3.C17H18ClN3O2/c20-14-5-3-4-13(12-14)8-9-17-16-10-11-23(18(16)25-22-17)19(24)21-15-6-1-2-7-15;1-18(2,3)20-17(23)22-10-9-14-15(21-24-16(14)22)8-7-12-5-4-6-13(19)11-12;19-14-3-1-2-12(10-14)4-5-16-15-6-8-21(18(15)24-20-16)17(22)13-7-9-23-11-13;1-11(2)19-17(22)21-9-8-14-15(20-23-16(14)21)7-6-12-4-3-5-13(18)10-12/h3-5,12,15-16,18H,1-2,6-7,10-11H2,(H,21,24);4-6,11,14,16H,9-10H2,1-3H3,(H,20,23);1-3,7,9-11,15,18H,6,8H2;3-5,10-11,14,16H,8-9H2,1-2H3,(H,19,22). The summed E-state index contributed by atoms with van der Waals surface area (Å²) in [5.74, 6) is 24.5. The first kappa shape index (κ1) is 68.1. The molecule has 7 amide bonds. The SMILES string of the molecule is CC(C)(C)NC(=O)N1CCC2C(C#Cc3cccc(Cl)c3)=NOC21.CC(C)NC(=O)N1CCC2C(C#Cc3cccc(Cl)c3)=NOC21.O=C(NC1CCCC1)N1CCC2C(C#Cc3cccc(Cl)c3)=NOC21.O=C(c1ccoc1)N1CCC2C(C#Cc3cccc(Cl)c3)=NOC21. The summed E-state index contributed by atoms with van der Waals surface area (Å²) in [6.45, 7) is 12.3. The van der Waals surface area contributed by atoms with Crippen LogP contribution in [0.3, 0.4) is 0 Å². The zero-order valence-electron chi connectivity index (χ0n) is 53.5. The van der Waals surface area contributed by atoms with Crippen LogP contribution in [0.25, 0.3) is 0 Å². The van der Waals surface area contributed by atoms with E-state index in [2.05, 4.69) is 83.9 Å². The summed E-state index contributed by atoms with van der Waals surface area (Å²) >= 11 is 23.9. The van der Waals surface area contributed by atoms with Crippen LogP contribution in [0.15, 0.2) is 141 Å². The molecule has 5 fully saturated rings. The number of nitrogens with one attached hydrogen (secondary N) is 3. The normalized spacial score (nSPS) is 22.7. The lowest BCUT2D eigenvalue weighted by Gasteiger charge is -2.27. The highest BCUT2D eigenvalue weighted by Crippen LogP contribution is 2.36. The zero-order valence-corrected chi connectivity index (χ0v) is 56.5. The van der Waals surface area contributed by atoms with Gasteiger partial charge in [0.1, 0.15) is 29.1 Å². The fourth-order valence-corrected chi connectivity index (χ4v) is 12.9. The largest absolute Gasteiger partial charge is 0.472 e. The summed E-state index contributed by atoms with van der Waals surface area (Å²) in [7, 11) is 0. The molecule has 4 aromatic carbocycles. The molecule has 1 aliphatic carbocycles. The van der Waals surface area contributed by atoms with Crippen molar-refractivity contribution in [1.82, 2.24) is 35.6 Å². The Labute approximate surface area is 578 Å². The van der Waals surface area contributed by atoms with Crippen molar-refractivity contribution in [3.8, 4) is 47.4 Å². The maximum atomic E-state index is 12.5. The van der Waals surface area contributed by atoms with Crippen LogP contribution in [-0.2, 0) is 19.4 Å².